The number of anilines is 1. The highest BCUT2D eigenvalue weighted by Gasteiger charge is 2.10. The quantitative estimate of drug-likeness (QED) is 0.889. The van der Waals surface area contributed by atoms with E-state index < -0.39 is 11.9 Å². The Bertz CT molecular complexity index is 628. The number of aliphatic hydroxyl groups is 1. The predicted molar refractivity (Wildman–Crippen MR) is 77.6 cm³/mol. The van der Waals surface area contributed by atoms with Crippen LogP contribution < -0.4 is 10.1 Å². The normalized spacial score (nSPS) is 11.8. The maximum absolute atomic E-state index is 13.0. The number of hydrogen-bond acceptors (Lipinski definition) is 3. The number of benzene rings is 2. The molecule has 1 amide bonds. The molecule has 21 heavy (non-hydrogen) atoms. The molecule has 0 aliphatic rings. The summed E-state index contributed by atoms with van der Waals surface area (Å²) in [6, 6.07) is 12.5. The van der Waals surface area contributed by atoms with Gasteiger partial charge in [0.1, 0.15) is 11.6 Å². The number of amides is 1. The van der Waals surface area contributed by atoms with Crippen molar-refractivity contribution in [2.24, 2.45) is 0 Å². The lowest BCUT2D eigenvalue weighted by atomic mass is 10.1. The Kier molecular flexibility index (Phi) is 4.90. The van der Waals surface area contributed by atoms with Gasteiger partial charge in [-0.25, -0.2) is 4.39 Å². The molecule has 0 aromatic heterocycles. The third-order valence-electron chi connectivity index (χ3n) is 2.85. The topological polar surface area (TPSA) is 58.6 Å². The number of para-hydroxylation sites is 1. The number of ether oxygens (including phenoxy) is 1. The molecule has 2 rings (SSSR count). The molecule has 0 spiro atoms. The summed E-state index contributed by atoms with van der Waals surface area (Å²) in [6.45, 7) is 1.38. The highest BCUT2D eigenvalue weighted by molar-refractivity contribution is 5.92. The summed E-state index contributed by atoms with van der Waals surface area (Å²) in [5.74, 6) is -0.520. The van der Waals surface area contributed by atoms with Crippen LogP contribution in [0.1, 0.15) is 18.6 Å². The van der Waals surface area contributed by atoms with Crippen molar-refractivity contribution in [1.82, 2.24) is 0 Å². The van der Waals surface area contributed by atoms with Crippen LogP contribution in [0.2, 0.25) is 0 Å². The Morgan fingerprint density at radius 1 is 1.29 bits per heavy atom. The molecule has 0 fully saturated rings. The molecule has 0 saturated heterocycles. The Labute approximate surface area is 122 Å². The van der Waals surface area contributed by atoms with Gasteiger partial charge in [-0.3, -0.25) is 4.79 Å². The lowest BCUT2D eigenvalue weighted by Gasteiger charge is -2.13. The molecule has 5 heteroatoms. The van der Waals surface area contributed by atoms with Crippen LogP contribution in [0.3, 0.4) is 0 Å². The molecule has 1 unspecified atom stereocenters. The Hall–Kier alpha value is -2.40. The molecule has 0 aliphatic heterocycles. The van der Waals surface area contributed by atoms with Gasteiger partial charge in [0.25, 0.3) is 5.91 Å². The first-order chi connectivity index (χ1) is 10.1. The first kappa shape index (κ1) is 15.0. The monoisotopic (exact) mass is 289 g/mol. The first-order valence-electron chi connectivity index (χ1n) is 6.51. The molecule has 110 valence electrons. The van der Waals surface area contributed by atoms with Crippen molar-refractivity contribution in [2.45, 2.75) is 13.0 Å². The van der Waals surface area contributed by atoms with E-state index in [1.807, 2.05) is 0 Å². The maximum atomic E-state index is 13.0. The van der Waals surface area contributed by atoms with E-state index in [9.17, 15) is 14.3 Å². The van der Waals surface area contributed by atoms with Crippen LogP contribution in [-0.4, -0.2) is 17.6 Å². The summed E-state index contributed by atoms with van der Waals surface area (Å²) in [6.07, 6.45) is -0.689. The van der Waals surface area contributed by atoms with Gasteiger partial charge in [-0.1, -0.05) is 24.3 Å². The summed E-state index contributed by atoms with van der Waals surface area (Å²) < 4.78 is 18.2. The highest BCUT2D eigenvalue weighted by atomic mass is 19.1. The second-order valence-corrected chi connectivity index (χ2v) is 4.56. The number of nitrogens with one attached hydrogen (secondary N) is 1. The summed E-state index contributed by atoms with van der Waals surface area (Å²) in [7, 11) is 0. The van der Waals surface area contributed by atoms with Gasteiger partial charge >= 0.3 is 0 Å². The number of rotatable bonds is 5. The molecule has 0 saturated carbocycles. The average molecular weight is 289 g/mol. The third-order valence-corrected chi connectivity index (χ3v) is 2.85. The van der Waals surface area contributed by atoms with Gasteiger partial charge in [0, 0.05) is 17.3 Å². The van der Waals surface area contributed by atoms with Gasteiger partial charge < -0.3 is 15.2 Å². The predicted octanol–water partition coefficient (Wildman–Crippen LogP) is 2.90. The summed E-state index contributed by atoms with van der Waals surface area (Å²) in [5.41, 5.74) is 1.15. The van der Waals surface area contributed by atoms with Gasteiger partial charge in [0.05, 0.1) is 6.10 Å². The van der Waals surface area contributed by atoms with E-state index in [2.05, 4.69) is 5.32 Å². The number of aliphatic hydroxyl groups excluding tert-OH is 1. The molecule has 2 N–H and O–H groups in total. The fourth-order valence-electron chi connectivity index (χ4n) is 1.87. The Morgan fingerprint density at radius 2 is 2.05 bits per heavy atom. The van der Waals surface area contributed by atoms with Crippen LogP contribution >= 0.6 is 0 Å². The van der Waals surface area contributed by atoms with E-state index in [0.717, 1.165) is 0 Å². The van der Waals surface area contributed by atoms with Crippen LogP contribution in [0, 0.1) is 5.82 Å². The number of halogens is 1. The molecule has 0 bridgehead atoms. The minimum Gasteiger partial charge on any atom is -0.484 e. The standard InChI is InChI=1S/C16H16FNO3/c1-11(19)14-7-2-3-8-15(14)18-16(20)10-21-13-6-4-5-12(17)9-13/h2-9,11,19H,10H2,1H3,(H,18,20). The molecule has 0 aliphatic carbocycles. The van der Waals surface area contributed by atoms with Gasteiger partial charge in [0.2, 0.25) is 0 Å². The van der Waals surface area contributed by atoms with Gasteiger partial charge in [-0.05, 0) is 25.1 Å². The van der Waals surface area contributed by atoms with Crippen molar-refractivity contribution in [3.8, 4) is 5.75 Å². The number of hydrogen-bond donors (Lipinski definition) is 2. The van der Waals surface area contributed by atoms with Gasteiger partial charge in [-0.2, -0.15) is 0 Å². The van der Waals surface area contributed by atoms with E-state index in [1.54, 1.807) is 37.3 Å². The largest absolute Gasteiger partial charge is 0.484 e. The van der Waals surface area contributed by atoms with Crippen molar-refractivity contribution >= 4 is 11.6 Å². The van der Waals surface area contributed by atoms with Crippen molar-refractivity contribution in [3.63, 3.8) is 0 Å². The van der Waals surface area contributed by atoms with Crippen molar-refractivity contribution < 1.29 is 19.0 Å². The van der Waals surface area contributed by atoms with Crippen molar-refractivity contribution in [2.75, 3.05) is 11.9 Å². The van der Waals surface area contributed by atoms with Gasteiger partial charge in [-0.15, -0.1) is 0 Å². The van der Waals surface area contributed by atoms with Gasteiger partial charge in [0.15, 0.2) is 6.61 Å². The second kappa shape index (κ2) is 6.85. The summed E-state index contributed by atoms with van der Waals surface area (Å²) in [5, 5.41) is 12.3. The highest BCUT2D eigenvalue weighted by Crippen LogP contribution is 2.22. The second-order valence-electron chi connectivity index (χ2n) is 4.56. The SMILES string of the molecule is CC(O)c1ccccc1NC(=O)COc1cccc(F)c1. The minimum atomic E-state index is -0.689. The molecule has 2 aromatic carbocycles. The molecule has 4 nitrogen and oxygen atoms in total. The maximum Gasteiger partial charge on any atom is 0.262 e. The van der Waals surface area contributed by atoms with E-state index in [4.69, 9.17) is 4.74 Å². The molecular formula is C16H16FNO3. The lowest BCUT2D eigenvalue weighted by molar-refractivity contribution is -0.118. The molecular weight excluding hydrogens is 273 g/mol. The average Bonchev–Trinajstić information content (AvgIpc) is 2.45. The van der Waals surface area contributed by atoms with Crippen molar-refractivity contribution in [1.29, 1.82) is 0 Å². The zero-order chi connectivity index (χ0) is 15.2. The third kappa shape index (κ3) is 4.29. The van der Waals surface area contributed by atoms with Crippen molar-refractivity contribution in [3.05, 3.63) is 59.9 Å². The zero-order valence-corrected chi connectivity index (χ0v) is 11.5. The summed E-state index contributed by atoms with van der Waals surface area (Å²) >= 11 is 0. The van der Waals surface area contributed by atoms with E-state index >= 15 is 0 Å². The first-order valence-corrected chi connectivity index (χ1v) is 6.51. The smallest absolute Gasteiger partial charge is 0.262 e. The molecule has 0 heterocycles. The van der Waals surface area contributed by atoms with E-state index in [-0.39, 0.29) is 18.3 Å². The number of carbonyl (C=O) groups excluding carboxylic acids is 1. The van der Waals surface area contributed by atoms with E-state index in [0.29, 0.717) is 11.3 Å². The van der Waals surface area contributed by atoms with Crippen LogP contribution in [0.4, 0.5) is 10.1 Å². The van der Waals surface area contributed by atoms with Crippen LogP contribution in [0.15, 0.2) is 48.5 Å². The zero-order valence-electron chi connectivity index (χ0n) is 11.5. The fourth-order valence-corrected chi connectivity index (χ4v) is 1.87. The van der Waals surface area contributed by atoms with Crippen LogP contribution in [0.5, 0.6) is 5.75 Å². The lowest BCUT2D eigenvalue weighted by Crippen LogP contribution is -2.21. The molecule has 1 atom stereocenters. The molecule has 2 aromatic rings. The van der Waals surface area contributed by atoms with Crippen LogP contribution in [-0.2, 0) is 4.79 Å². The minimum absolute atomic E-state index is 0.238. The van der Waals surface area contributed by atoms with E-state index in [1.165, 1.54) is 18.2 Å². The Balaban J connectivity index is 1.96. The Morgan fingerprint density at radius 3 is 2.76 bits per heavy atom. The molecule has 0 radical (unpaired) electrons. The fraction of sp³-hybridized carbons (Fsp3) is 0.188. The van der Waals surface area contributed by atoms with Crippen LogP contribution in [0.25, 0.3) is 0 Å². The number of carbonyl (C=O) groups is 1. The summed E-state index contributed by atoms with van der Waals surface area (Å²) in [4.78, 5) is 11.8.